The van der Waals surface area contributed by atoms with Crippen LogP contribution in [-0.4, -0.2) is 56.5 Å². The molecule has 0 aliphatic heterocycles. The van der Waals surface area contributed by atoms with Gasteiger partial charge in [0.1, 0.15) is 17.4 Å². The molecule has 0 atom stereocenters. The number of aliphatic carboxylic acids is 1. The number of benzene rings is 2. The lowest BCUT2D eigenvalue weighted by atomic mass is 9.85. The van der Waals surface area contributed by atoms with Crippen molar-refractivity contribution >= 4 is 17.9 Å². The molecule has 10 nitrogen and oxygen atoms in total. The number of carboxylic acid groups (broad SMARTS) is 3. The molecule has 0 aromatic heterocycles. The minimum Gasteiger partial charge on any atom is -0.508 e. The van der Waals surface area contributed by atoms with E-state index in [0.29, 0.717) is 13.1 Å². The van der Waals surface area contributed by atoms with Crippen LogP contribution in [0, 0.1) is 0 Å². The van der Waals surface area contributed by atoms with Crippen LogP contribution >= 0.6 is 0 Å². The fraction of sp³-hybridized carbons (Fsp3) is 0.167. The van der Waals surface area contributed by atoms with E-state index in [2.05, 4.69) is 0 Å². The van der Waals surface area contributed by atoms with Gasteiger partial charge in [0.15, 0.2) is 0 Å². The molecule has 0 radical (unpaired) electrons. The van der Waals surface area contributed by atoms with Gasteiger partial charge >= 0.3 is 17.9 Å². The molecule has 0 fully saturated rings. The number of rotatable bonds is 6. The zero-order chi connectivity index (χ0) is 21.4. The third-order valence-corrected chi connectivity index (χ3v) is 3.57. The Morgan fingerprint density at radius 1 is 0.750 bits per heavy atom. The molecule has 0 heterocycles. The van der Waals surface area contributed by atoms with Gasteiger partial charge in [0.05, 0.1) is 11.1 Å². The van der Waals surface area contributed by atoms with Crippen molar-refractivity contribution in [1.82, 2.24) is 0 Å². The van der Waals surface area contributed by atoms with Gasteiger partial charge in [-0.2, -0.15) is 0 Å². The fourth-order valence-electron chi connectivity index (χ4n) is 2.40. The standard InChI is InChI=1S/C16H12O8.C2H8N2/c17-7-1-3-9(14(19)20)11(5-7)13(16(23)24)12-6-8(18)2-4-10(12)15(21)22;3-1-2-4/h1-6,13,17-18H,(H,19,20)(H,21,22)(H,23,24);1-4H2. The maximum atomic E-state index is 11.7. The van der Waals surface area contributed by atoms with Crippen LogP contribution < -0.4 is 11.5 Å². The van der Waals surface area contributed by atoms with Crippen molar-refractivity contribution in [2.24, 2.45) is 11.5 Å². The van der Waals surface area contributed by atoms with Gasteiger partial charge in [-0.3, -0.25) is 4.79 Å². The predicted octanol–water partition coefficient (Wildman–Crippen LogP) is 0.615. The number of carboxylic acids is 3. The molecule has 28 heavy (non-hydrogen) atoms. The summed E-state index contributed by atoms with van der Waals surface area (Å²) in [5, 5.41) is 47.1. The van der Waals surface area contributed by atoms with Crippen molar-refractivity contribution in [3.05, 3.63) is 58.7 Å². The summed E-state index contributed by atoms with van der Waals surface area (Å²) < 4.78 is 0. The van der Waals surface area contributed by atoms with Crippen LogP contribution in [0.2, 0.25) is 0 Å². The molecular weight excluding hydrogens is 372 g/mol. The number of phenolic OH excluding ortho intramolecular Hbond substituents is 2. The second-order valence-corrected chi connectivity index (χ2v) is 5.50. The van der Waals surface area contributed by atoms with Crippen molar-refractivity contribution in [1.29, 1.82) is 0 Å². The Kier molecular flexibility index (Phi) is 7.92. The van der Waals surface area contributed by atoms with E-state index in [1.54, 1.807) is 0 Å². The summed E-state index contributed by atoms with van der Waals surface area (Å²) in [7, 11) is 0. The molecule has 10 heteroatoms. The van der Waals surface area contributed by atoms with Crippen LogP contribution in [0.4, 0.5) is 0 Å². The second-order valence-electron chi connectivity index (χ2n) is 5.50. The lowest BCUT2D eigenvalue weighted by Crippen LogP contribution is -2.19. The number of hydrogen-bond acceptors (Lipinski definition) is 7. The van der Waals surface area contributed by atoms with Gasteiger partial charge in [0.25, 0.3) is 0 Å². The summed E-state index contributed by atoms with van der Waals surface area (Å²) in [6.07, 6.45) is 0. The minimum atomic E-state index is -1.71. The van der Waals surface area contributed by atoms with E-state index in [9.17, 15) is 39.9 Å². The average Bonchev–Trinajstić information content (AvgIpc) is 2.61. The maximum absolute atomic E-state index is 11.7. The van der Waals surface area contributed by atoms with Gasteiger partial charge in [-0.05, 0) is 47.5 Å². The minimum absolute atomic E-state index is 0.303. The molecule has 0 aliphatic rings. The van der Waals surface area contributed by atoms with E-state index in [-0.39, 0.29) is 22.6 Å². The van der Waals surface area contributed by atoms with E-state index in [1.165, 1.54) is 0 Å². The van der Waals surface area contributed by atoms with Gasteiger partial charge in [-0.25, -0.2) is 9.59 Å². The number of aromatic hydroxyl groups is 2. The van der Waals surface area contributed by atoms with E-state index in [4.69, 9.17) is 11.5 Å². The quantitative estimate of drug-likeness (QED) is 0.365. The number of phenols is 2. The summed E-state index contributed by atoms with van der Waals surface area (Å²) in [5.41, 5.74) is 8.39. The van der Waals surface area contributed by atoms with E-state index < -0.39 is 35.0 Å². The Bertz CT molecular complexity index is 816. The molecular formula is C18H20N2O8. The highest BCUT2D eigenvalue weighted by molar-refractivity contribution is 5.96. The summed E-state index contributed by atoms with van der Waals surface area (Å²) in [6, 6.07) is 6.08. The van der Waals surface area contributed by atoms with Crippen molar-refractivity contribution in [3.8, 4) is 11.5 Å². The number of carbonyl (C=O) groups is 3. The van der Waals surface area contributed by atoms with E-state index in [0.717, 1.165) is 36.4 Å². The Hall–Kier alpha value is -3.63. The van der Waals surface area contributed by atoms with E-state index >= 15 is 0 Å². The smallest absolute Gasteiger partial charge is 0.336 e. The zero-order valence-corrected chi connectivity index (χ0v) is 14.6. The molecule has 2 rings (SSSR count). The summed E-state index contributed by atoms with van der Waals surface area (Å²) in [6.45, 7) is 1.19. The predicted molar refractivity (Wildman–Crippen MR) is 97.7 cm³/mol. The molecule has 0 bridgehead atoms. The topological polar surface area (TPSA) is 204 Å². The number of nitrogens with two attached hydrogens (primary N) is 2. The van der Waals surface area contributed by atoms with Crippen LogP contribution in [0.15, 0.2) is 36.4 Å². The van der Waals surface area contributed by atoms with Crippen LogP contribution in [0.3, 0.4) is 0 Å². The van der Waals surface area contributed by atoms with Crippen LogP contribution in [0.5, 0.6) is 11.5 Å². The van der Waals surface area contributed by atoms with Crippen LogP contribution in [0.1, 0.15) is 37.8 Å². The zero-order valence-electron chi connectivity index (χ0n) is 14.6. The number of aromatic carboxylic acids is 2. The maximum Gasteiger partial charge on any atom is 0.336 e. The van der Waals surface area contributed by atoms with Crippen molar-refractivity contribution in [3.63, 3.8) is 0 Å². The summed E-state index contributed by atoms with van der Waals surface area (Å²) in [5.74, 6) is -6.87. The van der Waals surface area contributed by atoms with Gasteiger partial charge < -0.3 is 37.0 Å². The van der Waals surface area contributed by atoms with Gasteiger partial charge in [0, 0.05) is 13.1 Å². The molecule has 0 unspecified atom stereocenters. The third-order valence-electron chi connectivity index (χ3n) is 3.57. The highest BCUT2D eigenvalue weighted by Crippen LogP contribution is 2.34. The van der Waals surface area contributed by atoms with Crippen LogP contribution in [0.25, 0.3) is 0 Å². The Morgan fingerprint density at radius 2 is 1.11 bits per heavy atom. The molecule has 2 aromatic rings. The first kappa shape index (κ1) is 22.4. The van der Waals surface area contributed by atoms with Gasteiger partial charge in [-0.15, -0.1) is 0 Å². The fourth-order valence-corrected chi connectivity index (χ4v) is 2.40. The Labute approximate surface area is 159 Å². The normalized spacial score (nSPS) is 10.1. The lowest BCUT2D eigenvalue weighted by Gasteiger charge is -2.18. The second kappa shape index (κ2) is 9.90. The first-order valence-electron chi connectivity index (χ1n) is 7.89. The Balaban J connectivity index is 0.000000892. The number of hydrogen-bond donors (Lipinski definition) is 7. The molecule has 0 spiro atoms. The van der Waals surface area contributed by atoms with Crippen molar-refractivity contribution in [2.75, 3.05) is 13.1 Å². The molecule has 2 aromatic carbocycles. The highest BCUT2D eigenvalue weighted by Gasteiger charge is 2.31. The largest absolute Gasteiger partial charge is 0.508 e. The van der Waals surface area contributed by atoms with Crippen molar-refractivity contribution in [2.45, 2.75) is 5.92 Å². The third kappa shape index (κ3) is 5.43. The first-order chi connectivity index (χ1) is 13.1. The highest BCUT2D eigenvalue weighted by atomic mass is 16.4. The van der Waals surface area contributed by atoms with Crippen LogP contribution in [-0.2, 0) is 4.79 Å². The molecule has 0 amide bonds. The van der Waals surface area contributed by atoms with E-state index in [1.807, 2.05) is 0 Å². The molecule has 0 aliphatic carbocycles. The SMILES string of the molecule is NCCN.O=C(O)c1ccc(O)cc1C(C(=O)O)c1cc(O)ccc1C(=O)O. The molecule has 150 valence electrons. The van der Waals surface area contributed by atoms with Crippen molar-refractivity contribution < 1.29 is 39.9 Å². The monoisotopic (exact) mass is 392 g/mol. The first-order valence-corrected chi connectivity index (χ1v) is 7.89. The molecule has 0 saturated heterocycles. The lowest BCUT2D eigenvalue weighted by molar-refractivity contribution is -0.137. The summed E-state index contributed by atoms with van der Waals surface area (Å²) >= 11 is 0. The molecule has 9 N–H and O–H groups in total. The van der Waals surface area contributed by atoms with Gasteiger partial charge in [-0.1, -0.05) is 0 Å². The van der Waals surface area contributed by atoms with Gasteiger partial charge in [0.2, 0.25) is 0 Å². The average molecular weight is 392 g/mol. The molecule has 0 saturated carbocycles. The Morgan fingerprint density at radius 3 is 1.36 bits per heavy atom. The summed E-state index contributed by atoms with van der Waals surface area (Å²) in [4.78, 5) is 34.4.